The summed E-state index contributed by atoms with van der Waals surface area (Å²) >= 11 is 0. The number of aryl methyl sites for hydroxylation is 1. The molecule has 0 spiro atoms. The van der Waals surface area contributed by atoms with Crippen molar-refractivity contribution in [2.45, 2.75) is 13.5 Å². The van der Waals surface area contributed by atoms with Crippen LogP contribution >= 0.6 is 0 Å². The molecule has 5 nitrogen and oxygen atoms in total. The van der Waals surface area contributed by atoms with Crippen molar-refractivity contribution in [2.24, 2.45) is 0 Å². The van der Waals surface area contributed by atoms with E-state index in [2.05, 4.69) is 10.3 Å². The minimum Gasteiger partial charge on any atom is -0.319 e. The minimum atomic E-state index is -0.826. The van der Waals surface area contributed by atoms with Crippen molar-refractivity contribution in [1.82, 2.24) is 9.55 Å². The van der Waals surface area contributed by atoms with Gasteiger partial charge in [0.05, 0.1) is 12.2 Å². The molecule has 2 heterocycles. The zero-order chi connectivity index (χ0) is 21.3. The lowest BCUT2D eigenvalue weighted by Gasteiger charge is -2.13. The van der Waals surface area contributed by atoms with E-state index in [1.54, 1.807) is 18.3 Å². The number of rotatable bonds is 4. The Kier molecular flexibility index (Phi) is 5.10. The number of halogens is 2. The Labute approximate surface area is 170 Å². The number of benzene rings is 2. The normalized spacial score (nSPS) is 10.9. The topological polar surface area (TPSA) is 64.0 Å². The van der Waals surface area contributed by atoms with Crippen molar-refractivity contribution in [3.8, 4) is 0 Å². The van der Waals surface area contributed by atoms with Crippen molar-refractivity contribution in [3.05, 3.63) is 106 Å². The van der Waals surface area contributed by atoms with E-state index in [0.717, 1.165) is 29.3 Å². The number of carbonyl (C=O) groups is 1. The molecule has 4 rings (SSSR count). The van der Waals surface area contributed by atoms with Crippen LogP contribution in [0.5, 0.6) is 0 Å². The maximum atomic E-state index is 13.9. The molecule has 7 heteroatoms. The van der Waals surface area contributed by atoms with E-state index >= 15 is 0 Å². The van der Waals surface area contributed by atoms with Crippen LogP contribution in [-0.4, -0.2) is 15.5 Å². The summed E-state index contributed by atoms with van der Waals surface area (Å²) in [7, 11) is 0. The van der Waals surface area contributed by atoms with E-state index in [0.29, 0.717) is 11.0 Å². The molecule has 0 fully saturated rings. The number of nitrogens with zero attached hydrogens (tertiary/aromatic N) is 2. The maximum absolute atomic E-state index is 13.9. The second-order valence-electron chi connectivity index (χ2n) is 6.93. The third kappa shape index (κ3) is 3.82. The Morgan fingerprint density at radius 1 is 1.07 bits per heavy atom. The summed E-state index contributed by atoms with van der Waals surface area (Å²) < 4.78 is 28.8. The lowest BCUT2D eigenvalue weighted by atomic mass is 10.1. The molecule has 4 aromatic rings. The Hall–Kier alpha value is -3.87. The summed E-state index contributed by atoms with van der Waals surface area (Å²) in [5, 5.41) is 2.86. The van der Waals surface area contributed by atoms with Crippen molar-refractivity contribution in [1.29, 1.82) is 0 Å². The first-order valence-corrected chi connectivity index (χ1v) is 9.23. The van der Waals surface area contributed by atoms with Gasteiger partial charge in [0.15, 0.2) is 0 Å². The van der Waals surface area contributed by atoms with Gasteiger partial charge >= 0.3 is 0 Å². The Morgan fingerprint density at radius 2 is 1.83 bits per heavy atom. The number of nitrogens with one attached hydrogen (secondary N) is 1. The van der Waals surface area contributed by atoms with Crippen LogP contribution in [0.2, 0.25) is 0 Å². The molecule has 0 saturated heterocycles. The average Bonchev–Trinajstić information content (AvgIpc) is 2.74. The largest absolute Gasteiger partial charge is 0.319 e. The first-order valence-electron chi connectivity index (χ1n) is 9.23. The fraction of sp³-hybridized carbons (Fsp3) is 0.0870. The zero-order valence-corrected chi connectivity index (χ0v) is 16.0. The molecule has 0 aliphatic heterocycles. The van der Waals surface area contributed by atoms with Crippen molar-refractivity contribution < 1.29 is 13.6 Å². The fourth-order valence-electron chi connectivity index (χ4n) is 3.17. The molecule has 0 aliphatic carbocycles. The number of carbonyl (C=O) groups excluding carboxylic acids is 1. The van der Waals surface area contributed by atoms with Gasteiger partial charge in [0, 0.05) is 17.6 Å². The van der Waals surface area contributed by atoms with E-state index in [9.17, 15) is 18.4 Å². The van der Waals surface area contributed by atoms with Crippen LogP contribution < -0.4 is 10.9 Å². The standard InChI is InChI=1S/C23H17F2N3O2/c1-14-4-6-15(7-5-14)13-28-21-16(3-2-10-26-21)11-18(23(28)30)22(29)27-20-12-17(24)8-9-19(20)25/h2-12H,13H2,1H3,(H,27,29). The number of anilines is 1. The molecule has 0 bridgehead atoms. The molecule has 0 saturated carbocycles. The van der Waals surface area contributed by atoms with Crippen LogP contribution in [0.15, 0.2) is 71.7 Å². The third-order valence-electron chi connectivity index (χ3n) is 4.73. The molecule has 0 aliphatic rings. The molecule has 0 unspecified atom stereocenters. The van der Waals surface area contributed by atoms with Crippen LogP contribution in [0.4, 0.5) is 14.5 Å². The summed E-state index contributed by atoms with van der Waals surface area (Å²) in [4.78, 5) is 30.2. The van der Waals surface area contributed by atoms with Crippen LogP contribution in [0, 0.1) is 18.6 Å². The van der Waals surface area contributed by atoms with E-state index in [4.69, 9.17) is 0 Å². The number of aromatic nitrogens is 2. The molecule has 0 radical (unpaired) electrons. The first kappa shape index (κ1) is 19.4. The second kappa shape index (κ2) is 7.87. The number of fused-ring (bicyclic) bond motifs is 1. The smallest absolute Gasteiger partial charge is 0.265 e. The summed E-state index contributed by atoms with van der Waals surface area (Å²) in [6, 6.07) is 15.2. The molecular formula is C23H17F2N3O2. The first-order chi connectivity index (χ1) is 14.4. The Balaban J connectivity index is 1.79. The zero-order valence-electron chi connectivity index (χ0n) is 16.0. The quantitative estimate of drug-likeness (QED) is 0.551. The maximum Gasteiger partial charge on any atom is 0.265 e. The molecule has 2 aromatic heterocycles. The summed E-state index contributed by atoms with van der Waals surface area (Å²) in [6.45, 7) is 2.17. The van der Waals surface area contributed by atoms with Gasteiger partial charge in [0.1, 0.15) is 22.8 Å². The average molecular weight is 405 g/mol. The SMILES string of the molecule is Cc1ccc(Cn2c(=O)c(C(=O)Nc3cc(F)ccc3F)cc3cccnc32)cc1. The van der Waals surface area contributed by atoms with Crippen LogP contribution in [0.1, 0.15) is 21.5 Å². The molecular weight excluding hydrogens is 388 g/mol. The monoisotopic (exact) mass is 405 g/mol. The number of hydrogen-bond donors (Lipinski definition) is 1. The van der Waals surface area contributed by atoms with Crippen LogP contribution in [0.25, 0.3) is 11.0 Å². The number of pyridine rings is 2. The van der Waals surface area contributed by atoms with Gasteiger partial charge in [-0.05, 0) is 42.8 Å². The summed E-state index contributed by atoms with van der Waals surface area (Å²) in [6.07, 6.45) is 1.56. The Bertz CT molecular complexity index is 1310. The van der Waals surface area contributed by atoms with Gasteiger partial charge in [-0.1, -0.05) is 29.8 Å². The molecule has 150 valence electrons. The van der Waals surface area contributed by atoms with Gasteiger partial charge in [-0.25, -0.2) is 13.8 Å². The molecule has 1 amide bonds. The van der Waals surface area contributed by atoms with Gasteiger partial charge < -0.3 is 5.32 Å². The second-order valence-corrected chi connectivity index (χ2v) is 6.93. The number of hydrogen-bond acceptors (Lipinski definition) is 3. The highest BCUT2D eigenvalue weighted by Gasteiger charge is 2.18. The van der Waals surface area contributed by atoms with Crippen molar-refractivity contribution in [2.75, 3.05) is 5.32 Å². The lowest BCUT2D eigenvalue weighted by molar-refractivity contribution is 0.102. The van der Waals surface area contributed by atoms with Crippen molar-refractivity contribution in [3.63, 3.8) is 0 Å². The lowest BCUT2D eigenvalue weighted by Crippen LogP contribution is -2.30. The van der Waals surface area contributed by atoms with E-state index in [-0.39, 0.29) is 17.8 Å². The van der Waals surface area contributed by atoms with Gasteiger partial charge in [-0.3, -0.25) is 14.2 Å². The highest BCUT2D eigenvalue weighted by atomic mass is 19.1. The van der Waals surface area contributed by atoms with Crippen LogP contribution in [0.3, 0.4) is 0 Å². The minimum absolute atomic E-state index is 0.189. The molecule has 2 aromatic carbocycles. The van der Waals surface area contributed by atoms with E-state index in [1.165, 1.54) is 10.6 Å². The Morgan fingerprint density at radius 3 is 2.60 bits per heavy atom. The molecule has 30 heavy (non-hydrogen) atoms. The van der Waals surface area contributed by atoms with Gasteiger partial charge in [0.25, 0.3) is 11.5 Å². The highest BCUT2D eigenvalue weighted by molar-refractivity contribution is 6.05. The van der Waals surface area contributed by atoms with Crippen LogP contribution in [-0.2, 0) is 6.54 Å². The van der Waals surface area contributed by atoms with Gasteiger partial charge in [0.2, 0.25) is 0 Å². The predicted octanol–water partition coefficient (Wildman–Crippen LogP) is 4.28. The summed E-state index contributed by atoms with van der Waals surface area (Å²) in [5.41, 5.74) is 1.28. The number of amides is 1. The van der Waals surface area contributed by atoms with Gasteiger partial charge in [-0.15, -0.1) is 0 Å². The predicted molar refractivity (Wildman–Crippen MR) is 111 cm³/mol. The summed E-state index contributed by atoms with van der Waals surface area (Å²) in [5.74, 6) is -2.33. The van der Waals surface area contributed by atoms with E-state index in [1.807, 2.05) is 31.2 Å². The van der Waals surface area contributed by atoms with E-state index < -0.39 is 23.1 Å². The molecule has 1 N–H and O–H groups in total. The highest BCUT2D eigenvalue weighted by Crippen LogP contribution is 2.18. The molecule has 0 atom stereocenters. The van der Waals surface area contributed by atoms with Gasteiger partial charge in [-0.2, -0.15) is 0 Å². The third-order valence-corrected chi connectivity index (χ3v) is 4.73. The fourth-order valence-corrected chi connectivity index (χ4v) is 3.17. The van der Waals surface area contributed by atoms with Crippen molar-refractivity contribution >= 4 is 22.6 Å².